The number of benzene rings is 2. The van der Waals surface area contributed by atoms with Gasteiger partial charge in [-0.3, -0.25) is 24.8 Å². The van der Waals surface area contributed by atoms with Crippen molar-refractivity contribution in [1.82, 2.24) is 15.3 Å². The first-order valence-corrected chi connectivity index (χ1v) is 11.9. The lowest BCUT2D eigenvalue weighted by Crippen LogP contribution is -2.46. The zero-order chi connectivity index (χ0) is 25.4. The highest BCUT2D eigenvalue weighted by Crippen LogP contribution is 2.65. The molecule has 2 aromatic carbocycles. The summed E-state index contributed by atoms with van der Waals surface area (Å²) in [6.07, 6.45) is 0. The van der Waals surface area contributed by atoms with Gasteiger partial charge in [-0.15, -0.1) is 23.2 Å². The molecular formula is C22H21Cl5N4O3. The van der Waals surface area contributed by atoms with E-state index in [0.717, 1.165) is 5.01 Å². The van der Waals surface area contributed by atoms with Crippen molar-refractivity contribution < 1.29 is 14.4 Å². The first-order valence-electron chi connectivity index (χ1n) is 9.97. The molecule has 1 aliphatic carbocycles. The highest BCUT2D eigenvalue weighted by atomic mass is 35.5. The quantitative estimate of drug-likeness (QED) is 0.388. The Bertz CT molecular complexity index is 1120. The van der Waals surface area contributed by atoms with Crippen LogP contribution in [0.5, 0.6) is 0 Å². The van der Waals surface area contributed by atoms with E-state index in [-0.39, 0.29) is 23.0 Å². The summed E-state index contributed by atoms with van der Waals surface area (Å²) in [6.45, 7) is 0.111. The van der Waals surface area contributed by atoms with Gasteiger partial charge in [0.2, 0.25) is 5.91 Å². The van der Waals surface area contributed by atoms with Gasteiger partial charge in [-0.05, 0) is 56.1 Å². The molecule has 2 unspecified atom stereocenters. The van der Waals surface area contributed by atoms with Crippen LogP contribution in [0.1, 0.15) is 21.8 Å². The van der Waals surface area contributed by atoms with Gasteiger partial charge >= 0.3 is 0 Å². The molecule has 1 saturated carbocycles. The number of halogens is 5. The molecule has 3 rings (SSSR count). The second-order valence-electron chi connectivity index (χ2n) is 8.15. The number of anilines is 1. The third-order valence-corrected chi connectivity index (χ3v) is 6.86. The molecule has 0 bridgehead atoms. The molecule has 2 aromatic rings. The fourth-order valence-electron chi connectivity index (χ4n) is 3.47. The van der Waals surface area contributed by atoms with Crippen LogP contribution in [0.4, 0.5) is 5.69 Å². The molecule has 0 spiro atoms. The summed E-state index contributed by atoms with van der Waals surface area (Å²) >= 11 is 31.1. The van der Waals surface area contributed by atoms with Crippen LogP contribution >= 0.6 is 58.0 Å². The normalized spacial score (nSPS) is 18.4. The number of nitrogens with one attached hydrogen (secondary N) is 2. The fourth-order valence-corrected chi connectivity index (χ4v) is 5.05. The Morgan fingerprint density at radius 2 is 1.59 bits per heavy atom. The molecule has 3 amide bonds. The average Bonchev–Trinajstić information content (AvgIpc) is 3.30. The SMILES string of the molecule is CN(C)CC(=O)N(C)NC(=O)c1cc(NC(=O)C2C(c3cc(Cl)cc(Cl)c3)C2(Cl)Cl)ccc1Cl. The van der Waals surface area contributed by atoms with Crippen molar-refractivity contribution in [2.24, 2.45) is 5.92 Å². The number of hydrazine groups is 1. The lowest BCUT2D eigenvalue weighted by atomic mass is 10.1. The highest BCUT2D eigenvalue weighted by Gasteiger charge is 2.67. The van der Waals surface area contributed by atoms with Crippen molar-refractivity contribution in [1.29, 1.82) is 0 Å². The predicted octanol–water partition coefficient (Wildman–Crippen LogP) is 4.84. The summed E-state index contributed by atoms with van der Waals surface area (Å²) in [7, 11) is 4.90. The number of likely N-dealkylation sites (N-methyl/N-ethyl adjacent to an activating group) is 2. The molecule has 0 radical (unpaired) electrons. The van der Waals surface area contributed by atoms with Crippen LogP contribution < -0.4 is 10.7 Å². The number of alkyl halides is 2. The summed E-state index contributed by atoms with van der Waals surface area (Å²) in [5.41, 5.74) is 3.48. The molecule has 2 N–H and O–H groups in total. The van der Waals surface area contributed by atoms with E-state index in [4.69, 9.17) is 58.0 Å². The first-order chi connectivity index (χ1) is 15.8. The van der Waals surface area contributed by atoms with E-state index in [0.29, 0.717) is 21.3 Å². The van der Waals surface area contributed by atoms with Gasteiger partial charge in [-0.2, -0.15) is 0 Å². The van der Waals surface area contributed by atoms with E-state index in [1.54, 1.807) is 37.2 Å². The summed E-state index contributed by atoms with van der Waals surface area (Å²) in [6, 6.07) is 9.28. The average molecular weight is 567 g/mol. The van der Waals surface area contributed by atoms with Gasteiger partial charge in [0, 0.05) is 28.7 Å². The standard InChI is InChI=1S/C22H21Cl5N4O3/c1-30(2)10-17(32)31(3)29-20(33)15-9-14(4-5-16(15)25)28-21(34)19-18(22(19,26)27)11-6-12(23)8-13(24)7-11/h4-9,18-19H,10H2,1-3H3,(H,28,34)(H,29,33). The molecule has 34 heavy (non-hydrogen) atoms. The minimum absolute atomic E-state index is 0.0703. The van der Waals surface area contributed by atoms with E-state index in [1.807, 2.05) is 0 Å². The van der Waals surface area contributed by atoms with Crippen molar-refractivity contribution in [3.8, 4) is 0 Å². The number of hydrogen-bond donors (Lipinski definition) is 2. The number of nitrogens with zero attached hydrogens (tertiary/aromatic N) is 2. The van der Waals surface area contributed by atoms with Gasteiger partial charge in [0.25, 0.3) is 11.8 Å². The van der Waals surface area contributed by atoms with Gasteiger partial charge in [-0.25, -0.2) is 0 Å². The van der Waals surface area contributed by atoms with Crippen LogP contribution in [0, 0.1) is 5.92 Å². The molecule has 1 fully saturated rings. The maximum Gasteiger partial charge on any atom is 0.271 e. The van der Waals surface area contributed by atoms with E-state index in [9.17, 15) is 14.4 Å². The number of carbonyl (C=O) groups is 3. The monoisotopic (exact) mass is 564 g/mol. The smallest absolute Gasteiger partial charge is 0.271 e. The van der Waals surface area contributed by atoms with Crippen molar-refractivity contribution in [3.05, 3.63) is 62.6 Å². The summed E-state index contributed by atoms with van der Waals surface area (Å²) in [4.78, 5) is 39.4. The lowest BCUT2D eigenvalue weighted by Gasteiger charge is -2.20. The molecular weight excluding hydrogens is 546 g/mol. The molecule has 7 nitrogen and oxygen atoms in total. The van der Waals surface area contributed by atoms with Crippen molar-refractivity contribution in [2.75, 3.05) is 33.0 Å². The second-order valence-corrected chi connectivity index (χ2v) is 10.9. The Labute approximate surface area is 222 Å². The highest BCUT2D eigenvalue weighted by molar-refractivity contribution is 6.53. The minimum atomic E-state index is -1.35. The number of hydrogen-bond acceptors (Lipinski definition) is 4. The molecule has 0 aliphatic heterocycles. The van der Waals surface area contributed by atoms with E-state index in [2.05, 4.69) is 10.7 Å². The molecule has 0 heterocycles. The fraction of sp³-hybridized carbons (Fsp3) is 0.318. The van der Waals surface area contributed by atoms with E-state index < -0.39 is 28.0 Å². The van der Waals surface area contributed by atoms with E-state index >= 15 is 0 Å². The maximum absolute atomic E-state index is 12.9. The Morgan fingerprint density at radius 1 is 0.971 bits per heavy atom. The molecule has 1 aliphatic rings. The number of amides is 3. The number of carbonyl (C=O) groups excluding carboxylic acids is 3. The predicted molar refractivity (Wildman–Crippen MR) is 136 cm³/mol. The Kier molecular flexibility index (Phi) is 8.28. The third-order valence-electron chi connectivity index (χ3n) is 5.15. The zero-order valence-corrected chi connectivity index (χ0v) is 22.1. The van der Waals surface area contributed by atoms with Gasteiger partial charge in [0.05, 0.1) is 23.0 Å². The Hall–Kier alpha value is -1.74. The first kappa shape index (κ1) is 26.9. The van der Waals surface area contributed by atoms with Gasteiger partial charge in [0.15, 0.2) is 0 Å². The van der Waals surface area contributed by atoms with Crippen molar-refractivity contribution in [3.63, 3.8) is 0 Å². The van der Waals surface area contributed by atoms with Crippen LogP contribution in [-0.2, 0) is 9.59 Å². The third kappa shape index (κ3) is 6.08. The Morgan fingerprint density at radius 3 is 2.18 bits per heavy atom. The van der Waals surface area contributed by atoms with Crippen LogP contribution in [0.25, 0.3) is 0 Å². The molecule has 2 atom stereocenters. The second kappa shape index (κ2) is 10.5. The number of rotatable bonds is 6. The molecule has 0 aromatic heterocycles. The van der Waals surface area contributed by atoms with Crippen LogP contribution in [0.3, 0.4) is 0 Å². The van der Waals surface area contributed by atoms with Crippen LogP contribution in [-0.4, -0.2) is 59.7 Å². The molecule has 182 valence electrons. The minimum Gasteiger partial charge on any atom is -0.326 e. The largest absolute Gasteiger partial charge is 0.326 e. The van der Waals surface area contributed by atoms with E-state index in [1.165, 1.54) is 25.2 Å². The molecule has 12 heteroatoms. The summed E-state index contributed by atoms with van der Waals surface area (Å²) in [5, 5.41) is 4.74. The summed E-state index contributed by atoms with van der Waals surface area (Å²) < 4.78 is -1.35. The van der Waals surface area contributed by atoms with Gasteiger partial charge in [0.1, 0.15) is 4.33 Å². The Balaban J connectivity index is 1.73. The van der Waals surface area contributed by atoms with Crippen molar-refractivity contribution >= 4 is 81.4 Å². The molecule has 0 saturated heterocycles. The topological polar surface area (TPSA) is 81.8 Å². The van der Waals surface area contributed by atoms with Crippen molar-refractivity contribution in [2.45, 2.75) is 10.3 Å². The van der Waals surface area contributed by atoms with Crippen LogP contribution in [0.15, 0.2) is 36.4 Å². The maximum atomic E-state index is 12.9. The lowest BCUT2D eigenvalue weighted by molar-refractivity contribution is -0.132. The van der Waals surface area contributed by atoms with Gasteiger partial charge in [-0.1, -0.05) is 34.8 Å². The van der Waals surface area contributed by atoms with Crippen LogP contribution in [0.2, 0.25) is 15.1 Å². The van der Waals surface area contributed by atoms with Gasteiger partial charge < -0.3 is 10.2 Å². The zero-order valence-electron chi connectivity index (χ0n) is 18.3. The summed E-state index contributed by atoms with van der Waals surface area (Å²) in [5.74, 6) is -2.66.